The van der Waals surface area contributed by atoms with E-state index in [4.69, 9.17) is 9.84 Å². The first kappa shape index (κ1) is 33.2. The maximum Gasteiger partial charge on any atom is 0.368 e. The fraction of sp³-hybridized carbons (Fsp3) is 0.515. The van der Waals surface area contributed by atoms with E-state index in [1.165, 1.54) is 11.8 Å². The summed E-state index contributed by atoms with van der Waals surface area (Å²) in [5.74, 6) is -2.23. The van der Waals surface area contributed by atoms with E-state index in [9.17, 15) is 18.5 Å². The van der Waals surface area contributed by atoms with Crippen LogP contribution in [0.2, 0.25) is 0 Å². The maximum atomic E-state index is 14.1. The molecule has 2 aromatic carbocycles. The number of unbranched alkanes of at least 4 members (excludes halogenated alkanes) is 2. The number of thioether (sulfide) groups is 1. The van der Waals surface area contributed by atoms with E-state index >= 15 is 0 Å². The average molecular weight is 631 g/mol. The summed E-state index contributed by atoms with van der Waals surface area (Å²) in [4.78, 5) is 27.2. The van der Waals surface area contributed by atoms with Crippen molar-refractivity contribution >= 4 is 51.9 Å². The molecule has 0 spiro atoms. The molecule has 1 fully saturated rings. The largest absolute Gasteiger partial charge is 0.611 e. The Labute approximate surface area is 261 Å². The van der Waals surface area contributed by atoms with Gasteiger partial charge in [0.25, 0.3) is 0 Å². The van der Waals surface area contributed by atoms with E-state index in [0.717, 1.165) is 81.3 Å². The third-order valence-corrected chi connectivity index (χ3v) is 11.0. The van der Waals surface area contributed by atoms with Crippen LogP contribution in [-0.4, -0.2) is 40.1 Å². The highest BCUT2D eigenvalue weighted by molar-refractivity contribution is 7.98. The van der Waals surface area contributed by atoms with Crippen molar-refractivity contribution in [2.24, 2.45) is 11.3 Å². The molecule has 0 radical (unpaired) electrons. The molecule has 4 rings (SSSR count). The number of anilines is 3. The Hall–Kier alpha value is -2.69. The third kappa shape index (κ3) is 8.28. The summed E-state index contributed by atoms with van der Waals surface area (Å²) in [6, 6.07) is 11.4. The van der Waals surface area contributed by atoms with Gasteiger partial charge in [0.1, 0.15) is 17.8 Å². The number of carbonyl (C=O) groups excluding carboxylic acids is 1. The molecule has 43 heavy (non-hydrogen) atoms. The van der Waals surface area contributed by atoms with E-state index in [1.807, 2.05) is 36.6 Å². The molecule has 2 aromatic rings. The van der Waals surface area contributed by atoms with Crippen LogP contribution >= 0.6 is 11.8 Å². The van der Waals surface area contributed by atoms with E-state index < -0.39 is 23.0 Å². The number of halogens is 1. The number of hydrogen-bond acceptors (Lipinski definition) is 6. The molecule has 234 valence electrons. The number of carbonyl (C=O) groups is 2. The third-order valence-electron chi connectivity index (χ3n) is 8.50. The Kier molecular flexibility index (Phi) is 11.9. The van der Waals surface area contributed by atoms with Gasteiger partial charge in [0, 0.05) is 35.3 Å². The Morgan fingerprint density at radius 2 is 1.81 bits per heavy atom. The molecule has 1 aliphatic heterocycles. The highest BCUT2D eigenvalue weighted by Gasteiger charge is 2.42. The summed E-state index contributed by atoms with van der Waals surface area (Å²) in [7, 11) is 0. The first-order valence-corrected chi connectivity index (χ1v) is 17.8. The van der Waals surface area contributed by atoms with Crippen molar-refractivity contribution in [1.82, 2.24) is 0 Å². The van der Waals surface area contributed by atoms with Gasteiger partial charge in [0.05, 0.1) is 10.6 Å². The molecule has 1 unspecified atom stereocenters. The Morgan fingerprint density at radius 3 is 2.40 bits per heavy atom. The maximum absolute atomic E-state index is 14.1. The zero-order valence-corrected chi connectivity index (χ0v) is 27.0. The number of nitrogens with one attached hydrogen (secondary N) is 1. The van der Waals surface area contributed by atoms with Crippen LogP contribution in [0.3, 0.4) is 0 Å². The van der Waals surface area contributed by atoms with E-state index in [-0.39, 0.29) is 23.0 Å². The first-order chi connectivity index (χ1) is 20.7. The number of carboxylic acid groups (broad SMARTS) is 1. The second kappa shape index (κ2) is 15.3. The molecule has 1 amide bonds. The lowest BCUT2D eigenvalue weighted by atomic mass is 9.79. The summed E-state index contributed by atoms with van der Waals surface area (Å²) in [6.07, 6.45) is 12.5. The first-order valence-electron chi connectivity index (χ1n) is 15.2. The second-order valence-electron chi connectivity index (χ2n) is 11.7. The van der Waals surface area contributed by atoms with Crippen LogP contribution in [0.4, 0.5) is 21.5 Å². The van der Waals surface area contributed by atoms with Gasteiger partial charge in [-0.3, -0.25) is 4.79 Å². The SMILES string of the molecule is CCCCC1(CCCC)CN(c2ccc(NC(=O)C3CCCC3)cc2)c2cc(SC)c(O/C=C(\F)C(=O)O)cc2[S+]([O-])C1. The molecule has 2 aliphatic rings. The molecular formula is C33H43FN2O5S2. The number of aliphatic carboxylic acids is 1. The van der Waals surface area contributed by atoms with Gasteiger partial charge in [-0.25, -0.2) is 4.79 Å². The number of ether oxygens (including phenoxy) is 1. The van der Waals surface area contributed by atoms with E-state index in [1.54, 1.807) is 6.07 Å². The number of amides is 1. The lowest BCUT2D eigenvalue weighted by Crippen LogP contribution is -2.38. The topological polar surface area (TPSA) is 102 Å². The van der Waals surface area contributed by atoms with Crippen molar-refractivity contribution < 1.29 is 28.4 Å². The average Bonchev–Trinajstić information content (AvgIpc) is 3.52. The van der Waals surface area contributed by atoms with Crippen molar-refractivity contribution in [2.75, 3.05) is 28.8 Å². The van der Waals surface area contributed by atoms with Crippen LogP contribution in [0.15, 0.2) is 58.3 Å². The highest BCUT2D eigenvalue weighted by Crippen LogP contribution is 2.48. The quantitative estimate of drug-likeness (QED) is 0.0991. The number of nitrogens with zero attached hydrogens (tertiary/aromatic N) is 1. The normalized spacial score (nSPS) is 18.7. The van der Waals surface area contributed by atoms with Crippen LogP contribution in [0, 0.1) is 11.3 Å². The second-order valence-corrected chi connectivity index (χ2v) is 13.9. The summed E-state index contributed by atoms with van der Waals surface area (Å²) < 4.78 is 33.4. The monoisotopic (exact) mass is 630 g/mol. The molecular weight excluding hydrogens is 588 g/mol. The molecule has 10 heteroatoms. The molecule has 1 heterocycles. The summed E-state index contributed by atoms with van der Waals surface area (Å²) in [5, 5.41) is 12.0. The van der Waals surface area contributed by atoms with Crippen LogP contribution in [0.1, 0.15) is 78.1 Å². The number of rotatable bonds is 13. The predicted octanol–water partition coefficient (Wildman–Crippen LogP) is 8.44. The van der Waals surface area contributed by atoms with Gasteiger partial charge in [-0.2, -0.15) is 4.39 Å². The molecule has 1 saturated carbocycles. The molecule has 0 aromatic heterocycles. The van der Waals surface area contributed by atoms with Gasteiger partial charge in [-0.15, -0.1) is 11.8 Å². The number of carboxylic acids is 1. The van der Waals surface area contributed by atoms with Crippen LogP contribution in [0.5, 0.6) is 5.75 Å². The van der Waals surface area contributed by atoms with E-state index in [2.05, 4.69) is 24.1 Å². The summed E-state index contributed by atoms with van der Waals surface area (Å²) in [5.41, 5.74) is 2.27. The molecule has 2 N–H and O–H groups in total. The minimum Gasteiger partial charge on any atom is -0.611 e. The Balaban J connectivity index is 1.76. The summed E-state index contributed by atoms with van der Waals surface area (Å²) >= 11 is 0.00579. The van der Waals surface area contributed by atoms with Crippen LogP contribution in [-0.2, 0) is 20.8 Å². The Morgan fingerprint density at radius 1 is 1.16 bits per heavy atom. The smallest absolute Gasteiger partial charge is 0.368 e. The summed E-state index contributed by atoms with van der Waals surface area (Å²) in [6.45, 7) is 5.02. The predicted molar refractivity (Wildman–Crippen MR) is 172 cm³/mol. The van der Waals surface area contributed by atoms with Gasteiger partial charge >= 0.3 is 5.97 Å². The van der Waals surface area contributed by atoms with Crippen molar-refractivity contribution in [2.45, 2.75) is 87.8 Å². The van der Waals surface area contributed by atoms with Gasteiger partial charge in [0.15, 0.2) is 4.90 Å². The standard InChI is InChI=1S/C33H43FN2O5S2/c1-4-6-16-33(17-7-5-2)21-36(25-14-12-24(13-15-25)35-31(37)23-10-8-9-11-23)27-18-29(42-3)28(19-30(27)43(40)22-33)41-20-26(34)32(38)39/h12-15,18-20,23H,4-11,16-17,21-22H2,1-3H3,(H,35,37)(H,38,39)/b26-20-. The van der Waals surface area contributed by atoms with Gasteiger partial charge in [-0.1, -0.05) is 52.4 Å². The number of fused-ring (bicyclic) bond motifs is 1. The van der Waals surface area contributed by atoms with Crippen molar-refractivity contribution in [3.63, 3.8) is 0 Å². The fourth-order valence-electron chi connectivity index (χ4n) is 6.08. The highest BCUT2D eigenvalue weighted by atomic mass is 32.2. The molecule has 1 atom stereocenters. The number of hydrogen-bond donors (Lipinski definition) is 2. The molecule has 0 saturated heterocycles. The van der Waals surface area contributed by atoms with Crippen LogP contribution in [0.25, 0.3) is 0 Å². The van der Waals surface area contributed by atoms with Gasteiger partial charge in [0.2, 0.25) is 11.7 Å². The van der Waals surface area contributed by atoms with Crippen molar-refractivity contribution in [3.05, 3.63) is 48.5 Å². The Bertz CT molecular complexity index is 1290. The van der Waals surface area contributed by atoms with Gasteiger partial charge in [-0.05, 0) is 73.4 Å². The molecule has 0 bridgehead atoms. The van der Waals surface area contributed by atoms with Crippen molar-refractivity contribution in [1.29, 1.82) is 0 Å². The molecule has 7 nitrogen and oxygen atoms in total. The molecule has 1 aliphatic carbocycles. The van der Waals surface area contributed by atoms with E-state index in [0.29, 0.717) is 28.4 Å². The lowest BCUT2D eigenvalue weighted by Gasteiger charge is -2.36. The van der Waals surface area contributed by atoms with Gasteiger partial charge < -0.3 is 24.6 Å². The lowest BCUT2D eigenvalue weighted by molar-refractivity contribution is -0.134. The zero-order chi connectivity index (χ0) is 31.0. The minimum atomic E-state index is -1.71. The van der Waals surface area contributed by atoms with Crippen molar-refractivity contribution in [3.8, 4) is 5.75 Å². The van der Waals surface area contributed by atoms with Crippen LogP contribution < -0.4 is 15.0 Å². The minimum absolute atomic E-state index is 0.0736. The number of benzene rings is 2. The fourth-order valence-corrected chi connectivity index (χ4v) is 8.35. The zero-order valence-electron chi connectivity index (χ0n) is 25.3.